The summed E-state index contributed by atoms with van der Waals surface area (Å²) in [6, 6.07) is 11.6. The zero-order valence-corrected chi connectivity index (χ0v) is 19.7. The number of hydrogen-bond donors (Lipinski definition) is 1. The number of aromatic nitrogens is 2. The Morgan fingerprint density at radius 3 is 2.32 bits per heavy atom. The van der Waals surface area contributed by atoms with E-state index in [1.807, 2.05) is 18.7 Å². The number of aryl methyl sites for hydroxylation is 1. The molecule has 1 atom stereocenters. The maximum atomic E-state index is 13.5. The number of ether oxygens (including phenoxy) is 3. The van der Waals surface area contributed by atoms with Gasteiger partial charge in [0.15, 0.2) is 0 Å². The lowest BCUT2D eigenvalue weighted by atomic mass is 10.2. The highest BCUT2D eigenvalue weighted by molar-refractivity contribution is 5.43. The number of rotatable bonds is 13. The van der Waals surface area contributed by atoms with Crippen molar-refractivity contribution in [3.63, 3.8) is 0 Å². The Morgan fingerprint density at radius 1 is 1.06 bits per heavy atom. The van der Waals surface area contributed by atoms with Crippen LogP contribution in [0.1, 0.15) is 18.2 Å². The van der Waals surface area contributed by atoms with E-state index in [-0.39, 0.29) is 18.2 Å². The molecular formula is C25H31F2N3O4. The van der Waals surface area contributed by atoms with E-state index in [1.165, 1.54) is 36.4 Å². The molecule has 0 saturated heterocycles. The van der Waals surface area contributed by atoms with Crippen molar-refractivity contribution in [1.29, 1.82) is 0 Å². The Kier molecular flexibility index (Phi) is 9.52. The van der Waals surface area contributed by atoms with Crippen molar-refractivity contribution in [2.24, 2.45) is 0 Å². The van der Waals surface area contributed by atoms with Gasteiger partial charge in [-0.15, -0.1) is 0 Å². The molecular weight excluding hydrogens is 444 g/mol. The lowest BCUT2D eigenvalue weighted by Gasteiger charge is -2.25. The molecule has 0 aliphatic rings. The standard InChI is InChI=1S/C25H31F2N3O4/c1-4-33-17-22(31)15-29(13-14-32-3)16-24-18(2)28-30(21-9-5-19(26)6-10-21)25(24)34-23-11-7-20(27)8-12-23/h5-12,22,31H,4,13-17H2,1-3H3/t22-/m1/s1. The number of benzene rings is 2. The zero-order chi connectivity index (χ0) is 24.5. The molecule has 0 amide bonds. The van der Waals surface area contributed by atoms with Crippen molar-refractivity contribution < 1.29 is 28.1 Å². The molecule has 0 spiro atoms. The van der Waals surface area contributed by atoms with Gasteiger partial charge in [-0.2, -0.15) is 5.10 Å². The number of aliphatic hydroxyl groups excluding tert-OH is 1. The first-order valence-electron chi connectivity index (χ1n) is 11.2. The second kappa shape index (κ2) is 12.6. The SMILES string of the molecule is CCOC[C@H](O)CN(CCOC)Cc1c(C)nn(-c2ccc(F)cc2)c1Oc1ccc(F)cc1. The third-order valence-electron chi connectivity index (χ3n) is 5.21. The highest BCUT2D eigenvalue weighted by Gasteiger charge is 2.23. The van der Waals surface area contributed by atoms with Gasteiger partial charge in [0.25, 0.3) is 0 Å². The lowest BCUT2D eigenvalue weighted by molar-refractivity contribution is 0.0147. The van der Waals surface area contributed by atoms with Crippen LogP contribution in [0.25, 0.3) is 5.69 Å². The summed E-state index contributed by atoms with van der Waals surface area (Å²) >= 11 is 0. The molecule has 1 aromatic heterocycles. The zero-order valence-electron chi connectivity index (χ0n) is 19.7. The third kappa shape index (κ3) is 7.07. The first-order valence-corrected chi connectivity index (χ1v) is 11.2. The Bertz CT molecular complexity index is 1030. The average molecular weight is 476 g/mol. The number of methoxy groups -OCH3 is 1. The van der Waals surface area contributed by atoms with Gasteiger partial charge in [0, 0.05) is 33.4 Å². The van der Waals surface area contributed by atoms with Crippen LogP contribution in [0.15, 0.2) is 48.5 Å². The number of nitrogens with zero attached hydrogens (tertiary/aromatic N) is 3. The van der Waals surface area contributed by atoms with E-state index in [0.29, 0.717) is 55.9 Å². The predicted octanol–water partition coefficient (Wildman–Crippen LogP) is 4.10. The van der Waals surface area contributed by atoms with E-state index < -0.39 is 6.10 Å². The summed E-state index contributed by atoms with van der Waals surface area (Å²) in [5, 5.41) is 15.0. The highest BCUT2D eigenvalue weighted by atomic mass is 19.1. The van der Waals surface area contributed by atoms with Crippen LogP contribution in [-0.2, 0) is 16.0 Å². The molecule has 2 aromatic carbocycles. The molecule has 34 heavy (non-hydrogen) atoms. The molecule has 3 rings (SSSR count). The smallest absolute Gasteiger partial charge is 0.227 e. The normalized spacial score (nSPS) is 12.3. The molecule has 184 valence electrons. The van der Waals surface area contributed by atoms with E-state index in [4.69, 9.17) is 14.2 Å². The van der Waals surface area contributed by atoms with Crippen molar-refractivity contribution in [3.05, 3.63) is 71.4 Å². The maximum absolute atomic E-state index is 13.5. The first kappa shape index (κ1) is 25.8. The van der Waals surface area contributed by atoms with E-state index in [2.05, 4.69) is 5.10 Å². The maximum Gasteiger partial charge on any atom is 0.227 e. The second-order valence-corrected chi connectivity index (χ2v) is 7.85. The topological polar surface area (TPSA) is 69.0 Å². The fourth-order valence-corrected chi connectivity index (χ4v) is 3.48. The fourth-order valence-electron chi connectivity index (χ4n) is 3.48. The first-order chi connectivity index (χ1) is 16.4. The molecule has 0 fully saturated rings. The minimum absolute atomic E-state index is 0.229. The Hall–Kier alpha value is -2.85. The molecule has 0 saturated carbocycles. The average Bonchev–Trinajstić information content (AvgIpc) is 3.12. The Morgan fingerprint density at radius 2 is 1.71 bits per heavy atom. The number of aliphatic hydroxyl groups is 1. The summed E-state index contributed by atoms with van der Waals surface area (Å²) in [6.07, 6.45) is -0.675. The number of halogens is 2. The van der Waals surface area contributed by atoms with Crippen molar-refractivity contribution in [2.45, 2.75) is 26.5 Å². The van der Waals surface area contributed by atoms with Gasteiger partial charge in [-0.25, -0.2) is 13.5 Å². The van der Waals surface area contributed by atoms with Crippen LogP contribution in [0.2, 0.25) is 0 Å². The molecule has 9 heteroatoms. The van der Waals surface area contributed by atoms with Gasteiger partial charge in [-0.3, -0.25) is 4.90 Å². The summed E-state index contributed by atoms with van der Waals surface area (Å²) < 4.78 is 45.3. The predicted molar refractivity (Wildman–Crippen MR) is 124 cm³/mol. The monoisotopic (exact) mass is 475 g/mol. The summed E-state index contributed by atoms with van der Waals surface area (Å²) in [6.45, 7) is 6.30. The molecule has 0 unspecified atom stereocenters. The van der Waals surface area contributed by atoms with Crippen LogP contribution in [0.4, 0.5) is 8.78 Å². The molecule has 3 aromatic rings. The third-order valence-corrected chi connectivity index (χ3v) is 5.21. The van der Waals surface area contributed by atoms with Gasteiger partial charge >= 0.3 is 0 Å². The lowest BCUT2D eigenvalue weighted by Crippen LogP contribution is -2.36. The van der Waals surface area contributed by atoms with E-state index >= 15 is 0 Å². The summed E-state index contributed by atoms with van der Waals surface area (Å²) in [5.74, 6) is 0.135. The van der Waals surface area contributed by atoms with Crippen LogP contribution < -0.4 is 4.74 Å². The molecule has 0 radical (unpaired) electrons. The molecule has 1 heterocycles. The fraction of sp³-hybridized carbons (Fsp3) is 0.400. The van der Waals surface area contributed by atoms with Gasteiger partial charge < -0.3 is 19.3 Å². The molecule has 0 aliphatic carbocycles. The van der Waals surface area contributed by atoms with Crippen LogP contribution in [-0.4, -0.2) is 65.9 Å². The van der Waals surface area contributed by atoms with Crippen molar-refractivity contribution in [1.82, 2.24) is 14.7 Å². The van der Waals surface area contributed by atoms with E-state index in [9.17, 15) is 13.9 Å². The van der Waals surface area contributed by atoms with Gasteiger partial charge in [-0.1, -0.05) is 0 Å². The highest BCUT2D eigenvalue weighted by Crippen LogP contribution is 2.32. The molecule has 1 N–H and O–H groups in total. The van der Waals surface area contributed by atoms with Crippen LogP contribution >= 0.6 is 0 Å². The summed E-state index contributed by atoms with van der Waals surface area (Å²) in [4.78, 5) is 2.03. The molecule has 0 bridgehead atoms. The van der Waals surface area contributed by atoms with Crippen LogP contribution in [0.3, 0.4) is 0 Å². The largest absolute Gasteiger partial charge is 0.439 e. The van der Waals surface area contributed by atoms with Gasteiger partial charge in [0.2, 0.25) is 5.88 Å². The van der Waals surface area contributed by atoms with Crippen molar-refractivity contribution in [2.75, 3.05) is 40.0 Å². The molecule has 7 nitrogen and oxygen atoms in total. The summed E-state index contributed by atoms with van der Waals surface area (Å²) in [7, 11) is 1.62. The van der Waals surface area contributed by atoms with E-state index in [1.54, 1.807) is 23.9 Å². The molecule has 0 aliphatic heterocycles. The van der Waals surface area contributed by atoms with Gasteiger partial charge in [-0.05, 0) is 62.4 Å². The Balaban J connectivity index is 1.96. The van der Waals surface area contributed by atoms with E-state index in [0.717, 1.165) is 5.56 Å². The number of hydrogen-bond acceptors (Lipinski definition) is 6. The Labute approximate surface area is 198 Å². The van der Waals surface area contributed by atoms with Crippen LogP contribution in [0.5, 0.6) is 11.6 Å². The minimum Gasteiger partial charge on any atom is -0.439 e. The van der Waals surface area contributed by atoms with Gasteiger partial charge in [0.1, 0.15) is 17.4 Å². The quantitative estimate of drug-likeness (QED) is 0.402. The summed E-state index contributed by atoms with van der Waals surface area (Å²) in [5.41, 5.74) is 2.11. The van der Waals surface area contributed by atoms with Gasteiger partial charge in [0.05, 0.1) is 36.3 Å². The van der Waals surface area contributed by atoms with Crippen molar-refractivity contribution >= 4 is 0 Å². The van der Waals surface area contributed by atoms with Crippen molar-refractivity contribution in [3.8, 4) is 17.3 Å². The second-order valence-electron chi connectivity index (χ2n) is 7.85. The van der Waals surface area contributed by atoms with Crippen LogP contribution in [0, 0.1) is 18.6 Å². The minimum atomic E-state index is -0.675.